The van der Waals surface area contributed by atoms with E-state index in [0.29, 0.717) is 6.07 Å². The van der Waals surface area contributed by atoms with Crippen LogP contribution in [0, 0.1) is 17.0 Å². The summed E-state index contributed by atoms with van der Waals surface area (Å²) in [4.78, 5) is -0.541. The number of benzene rings is 1. The van der Waals surface area contributed by atoms with Crippen molar-refractivity contribution in [3.05, 3.63) is 28.2 Å². The van der Waals surface area contributed by atoms with Crippen LogP contribution < -0.4 is 4.72 Å². The van der Waals surface area contributed by atoms with Crippen LogP contribution >= 0.6 is 15.9 Å². The van der Waals surface area contributed by atoms with E-state index in [1.807, 2.05) is 6.92 Å². The quantitative estimate of drug-likeness (QED) is 0.883. The largest absolute Gasteiger partial charge is 0.244 e. The molecule has 3 nitrogen and oxygen atoms in total. The highest BCUT2D eigenvalue weighted by Crippen LogP contribution is 2.37. The van der Waals surface area contributed by atoms with E-state index in [-0.39, 0.29) is 16.4 Å². The predicted molar refractivity (Wildman–Crippen MR) is 75.8 cm³/mol. The van der Waals surface area contributed by atoms with Crippen LogP contribution in [0.15, 0.2) is 21.5 Å². The molecule has 0 aromatic heterocycles. The van der Waals surface area contributed by atoms with Gasteiger partial charge in [0.1, 0.15) is 16.5 Å². The fourth-order valence-corrected chi connectivity index (χ4v) is 4.89. The third-order valence-electron chi connectivity index (χ3n) is 3.73. The van der Waals surface area contributed by atoms with Crippen LogP contribution in [0.5, 0.6) is 0 Å². The van der Waals surface area contributed by atoms with E-state index in [1.165, 1.54) is 0 Å². The highest BCUT2D eigenvalue weighted by atomic mass is 79.9. The van der Waals surface area contributed by atoms with Crippen molar-refractivity contribution in [3.63, 3.8) is 0 Å². The zero-order chi connectivity index (χ0) is 15.0. The molecule has 0 unspecified atom stereocenters. The third kappa shape index (κ3) is 3.38. The molecule has 112 valence electrons. The first-order chi connectivity index (χ1) is 9.23. The topological polar surface area (TPSA) is 46.2 Å². The lowest BCUT2D eigenvalue weighted by atomic mass is 9.89. The Morgan fingerprint density at radius 2 is 1.90 bits per heavy atom. The van der Waals surface area contributed by atoms with Crippen molar-refractivity contribution in [2.45, 2.75) is 37.5 Å². The first-order valence-electron chi connectivity index (χ1n) is 6.38. The fraction of sp³-hybridized carbons (Fsp3) is 0.538. The molecule has 20 heavy (non-hydrogen) atoms. The summed E-state index contributed by atoms with van der Waals surface area (Å²) in [6, 6.07) is 1.51. The molecule has 7 heteroatoms. The highest BCUT2D eigenvalue weighted by Gasteiger charge is 2.31. The van der Waals surface area contributed by atoms with Gasteiger partial charge in [-0.3, -0.25) is 0 Å². The molecule has 0 saturated heterocycles. The van der Waals surface area contributed by atoms with Crippen molar-refractivity contribution in [1.82, 2.24) is 4.72 Å². The lowest BCUT2D eigenvalue weighted by Gasteiger charge is -2.23. The molecule has 1 aliphatic carbocycles. The van der Waals surface area contributed by atoms with Gasteiger partial charge >= 0.3 is 0 Å². The van der Waals surface area contributed by atoms with Gasteiger partial charge < -0.3 is 0 Å². The monoisotopic (exact) mass is 367 g/mol. The second kappa shape index (κ2) is 5.69. The smallest absolute Gasteiger partial charge is 0.210 e. The van der Waals surface area contributed by atoms with Gasteiger partial charge in [0, 0.05) is 17.1 Å². The summed E-state index contributed by atoms with van der Waals surface area (Å²) >= 11 is 2.90. The lowest BCUT2D eigenvalue weighted by molar-refractivity contribution is 0.336. The molecule has 0 spiro atoms. The van der Waals surface area contributed by atoms with Crippen LogP contribution in [0.25, 0.3) is 0 Å². The SMILES string of the molecule is CC1(CNS(=O)(=O)c2c(F)cc(F)cc2Br)CCCC1. The maximum Gasteiger partial charge on any atom is 0.244 e. The van der Waals surface area contributed by atoms with Crippen molar-refractivity contribution >= 4 is 26.0 Å². The predicted octanol–water partition coefficient (Wildman–Crippen LogP) is 3.59. The second-order valence-corrected chi connectivity index (χ2v) is 8.10. The van der Waals surface area contributed by atoms with Gasteiger partial charge in [-0.25, -0.2) is 21.9 Å². The minimum atomic E-state index is -4.00. The van der Waals surface area contributed by atoms with Crippen LogP contribution in [0.1, 0.15) is 32.6 Å². The molecule has 1 saturated carbocycles. The zero-order valence-corrected chi connectivity index (χ0v) is 13.5. The van der Waals surface area contributed by atoms with Crippen LogP contribution in [0.3, 0.4) is 0 Å². The Kier molecular flexibility index (Phi) is 4.51. The van der Waals surface area contributed by atoms with Crippen molar-refractivity contribution < 1.29 is 17.2 Å². The van der Waals surface area contributed by atoms with E-state index in [2.05, 4.69) is 20.7 Å². The Bertz CT molecular complexity index is 590. The Morgan fingerprint density at radius 3 is 2.45 bits per heavy atom. The summed E-state index contributed by atoms with van der Waals surface area (Å²) in [5.74, 6) is -1.92. The zero-order valence-electron chi connectivity index (χ0n) is 11.0. The summed E-state index contributed by atoms with van der Waals surface area (Å²) < 4.78 is 53.4. The highest BCUT2D eigenvalue weighted by molar-refractivity contribution is 9.10. The molecule has 0 amide bonds. The Balaban J connectivity index is 2.23. The number of hydrogen-bond acceptors (Lipinski definition) is 2. The minimum Gasteiger partial charge on any atom is -0.210 e. The number of nitrogens with one attached hydrogen (secondary N) is 1. The number of rotatable bonds is 4. The molecule has 1 aromatic rings. The van der Waals surface area contributed by atoms with Gasteiger partial charge in [-0.15, -0.1) is 0 Å². The first kappa shape index (κ1) is 15.9. The summed E-state index contributed by atoms with van der Waals surface area (Å²) in [5.41, 5.74) is -0.0872. The van der Waals surface area contributed by atoms with Crippen molar-refractivity contribution in [2.75, 3.05) is 6.54 Å². The minimum absolute atomic E-state index is 0.0872. The number of halogens is 3. The average molecular weight is 368 g/mol. The average Bonchev–Trinajstić information content (AvgIpc) is 2.73. The number of hydrogen-bond donors (Lipinski definition) is 1. The molecule has 0 aliphatic heterocycles. The molecule has 0 atom stereocenters. The molecule has 1 N–H and O–H groups in total. The van der Waals surface area contributed by atoms with E-state index < -0.39 is 26.6 Å². The molecular weight excluding hydrogens is 352 g/mol. The second-order valence-electron chi connectivity index (χ2n) is 5.54. The summed E-state index contributed by atoms with van der Waals surface area (Å²) in [6.07, 6.45) is 4.05. The first-order valence-corrected chi connectivity index (χ1v) is 8.65. The fourth-order valence-electron chi connectivity index (χ4n) is 2.53. The Hall–Kier alpha value is -0.530. The van der Waals surface area contributed by atoms with E-state index in [9.17, 15) is 17.2 Å². The molecule has 1 fully saturated rings. The molecule has 0 bridgehead atoms. The van der Waals surface area contributed by atoms with Gasteiger partial charge in [0.2, 0.25) is 10.0 Å². The summed E-state index contributed by atoms with van der Waals surface area (Å²) in [6.45, 7) is 2.27. The maximum atomic E-state index is 13.7. The van der Waals surface area contributed by atoms with Gasteiger partial charge in [-0.2, -0.15) is 0 Å². The van der Waals surface area contributed by atoms with Gasteiger partial charge in [0.15, 0.2) is 0 Å². The van der Waals surface area contributed by atoms with Crippen LogP contribution in [-0.2, 0) is 10.0 Å². The third-order valence-corrected chi connectivity index (χ3v) is 6.10. The van der Waals surface area contributed by atoms with Gasteiger partial charge in [0.25, 0.3) is 0 Å². The molecule has 1 aliphatic rings. The van der Waals surface area contributed by atoms with E-state index in [1.54, 1.807) is 0 Å². The Morgan fingerprint density at radius 1 is 1.30 bits per heavy atom. The number of sulfonamides is 1. The standard InChI is InChI=1S/C13H16BrF2NO2S/c1-13(4-2-3-5-13)8-17-20(18,19)12-10(14)6-9(15)7-11(12)16/h6-7,17H,2-5,8H2,1H3. The lowest BCUT2D eigenvalue weighted by Crippen LogP contribution is -2.34. The van der Waals surface area contributed by atoms with E-state index in [0.717, 1.165) is 31.7 Å². The molecule has 2 rings (SSSR count). The van der Waals surface area contributed by atoms with Crippen molar-refractivity contribution in [3.8, 4) is 0 Å². The maximum absolute atomic E-state index is 13.7. The summed E-state index contributed by atoms with van der Waals surface area (Å²) in [7, 11) is -4.00. The van der Waals surface area contributed by atoms with E-state index >= 15 is 0 Å². The molecule has 1 aromatic carbocycles. The summed E-state index contributed by atoms with van der Waals surface area (Å²) in [5, 5.41) is 0. The van der Waals surface area contributed by atoms with Crippen LogP contribution in [-0.4, -0.2) is 15.0 Å². The van der Waals surface area contributed by atoms with Gasteiger partial charge in [-0.1, -0.05) is 19.8 Å². The van der Waals surface area contributed by atoms with Gasteiger partial charge in [0.05, 0.1) is 0 Å². The normalized spacial score (nSPS) is 18.4. The van der Waals surface area contributed by atoms with Crippen LogP contribution in [0.2, 0.25) is 0 Å². The molecule has 0 radical (unpaired) electrons. The van der Waals surface area contributed by atoms with Crippen molar-refractivity contribution in [1.29, 1.82) is 0 Å². The van der Waals surface area contributed by atoms with Crippen LogP contribution in [0.4, 0.5) is 8.78 Å². The molecule has 0 heterocycles. The van der Waals surface area contributed by atoms with Gasteiger partial charge in [-0.05, 0) is 40.3 Å². The Labute approximate surface area is 125 Å². The van der Waals surface area contributed by atoms with E-state index in [4.69, 9.17) is 0 Å². The molecular formula is C13H16BrF2NO2S. The van der Waals surface area contributed by atoms with Crippen molar-refractivity contribution in [2.24, 2.45) is 5.41 Å².